The molecule has 2 amide bonds. The Morgan fingerprint density at radius 3 is 2.31 bits per heavy atom. The summed E-state index contributed by atoms with van der Waals surface area (Å²) in [6, 6.07) is 9.12. The fraction of sp³-hybridized carbons (Fsp3) is 0.364. The number of halogens is 2. The van der Waals surface area contributed by atoms with Crippen LogP contribution in [0.15, 0.2) is 47.4 Å². The predicted molar refractivity (Wildman–Crippen MR) is 114 cm³/mol. The van der Waals surface area contributed by atoms with Gasteiger partial charge in [-0.05, 0) is 49.1 Å². The molecule has 1 aliphatic heterocycles. The zero-order valence-electron chi connectivity index (χ0n) is 17.4. The van der Waals surface area contributed by atoms with Crippen molar-refractivity contribution in [3.63, 3.8) is 0 Å². The molecule has 0 radical (unpaired) electrons. The summed E-state index contributed by atoms with van der Waals surface area (Å²) in [4.78, 5) is 24.1. The molecule has 2 N–H and O–H groups in total. The summed E-state index contributed by atoms with van der Waals surface area (Å²) in [6.07, 6.45) is 2.23. The van der Waals surface area contributed by atoms with Gasteiger partial charge in [-0.15, -0.1) is 0 Å². The molecular weight excluding hydrogens is 440 g/mol. The molecule has 32 heavy (non-hydrogen) atoms. The number of hydrogen-bond donors (Lipinski definition) is 2. The molecule has 1 fully saturated rings. The molecule has 10 heteroatoms. The van der Waals surface area contributed by atoms with Gasteiger partial charge in [0.25, 0.3) is 5.91 Å². The number of nitrogens with one attached hydrogen (secondary N) is 2. The average Bonchev–Trinajstić information content (AvgIpc) is 3.31. The van der Waals surface area contributed by atoms with E-state index in [2.05, 4.69) is 10.6 Å². The molecule has 2 aromatic rings. The number of carbonyl (C=O) groups is 2. The number of hydrogen-bond acceptors (Lipinski definition) is 4. The van der Waals surface area contributed by atoms with Gasteiger partial charge < -0.3 is 10.6 Å². The molecule has 0 unspecified atom stereocenters. The minimum atomic E-state index is -3.46. The van der Waals surface area contributed by atoms with Gasteiger partial charge in [-0.25, -0.2) is 17.2 Å². The summed E-state index contributed by atoms with van der Waals surface area (Å²) in [7, 11) is -3.46. The standard InChI is InChI=1S/C22H25F2N3O4S/c23-17-7-10-19(20(24)14-17)22(29)25-11-3-4-21(28)26-15-16-5-8-18(9-6-16)32(30,31)27-12-1-2-13-27/h5-10,14H,1-4,11-13,15H2,(H,25,29)(H,26,28). The molecule has 0 saturated carbocycles. The van der Waals surface area contributed by atoms with E-state index in [0.29, 0.717) is 25.6 Å². The molecule has 0 atom stereocenters. The van der Waals surface area contributed by atoms with E-state index in [-0.39, 0.29) is 35.9 Å². The normalized spacial score (nSPS) is 14.3. The SMILES string of the molecule is O=C(CCCNC(=O)c1ccc(F)cc1F)NCc1ccc(S(=O)(=O)N2CCCC2)cc1. The van der Waals surface area contributed by atoms with E-state index in [0.717, 1.165) is 30.5 Å². The molecule has 7 nitrogen and oxygen atoms in total. The van der Waals surface area contributed by atoms with Crippen LogP contribution >= 0.6 is 0 Å². The van der Waals surface area contributed by atoms with Crippen LogP contribution in [-0.2, 0) is 21.4 Å². The summed E-state index contributed by atoms with van der Waals surface area (Å²) in [5, 5.41) is 5.22. The number of rotatable bonds is 9. The first kappa shape index (κ1) is 23.8. The van der Waals surface area contributed by atoms with Crippen LogP contribution in [0.1, 0.15) is 41.6 Å². The van der Waals surface area contributed by atoms with Crippen LogP contribution in [-0.4, -0.2) is 44.2 Å². The van der Waals surface area contributed by atoms with Gasteiger partial charge in [-0.3, -0.25) is 9.59 Å². The summed E-state index contributed by atoms with van der Waals surface area (Å²) < 4.78 is 53.0. The van der Waals surface area contributed by atoms with Crippen molar-refractivity contribution in [3.8, 4) is 0 Å². The Kier molecular flexibility index (Phi) is 7.92. The van der Waals surface area contributed by atoms with Gasteiger partial charge in [0.05, 0.1) is 10.5 Å². The minimum absolute atomic E-state index is 0.146. The second kappa shape index (κ2) is 10.6. The van der Waals surface area contributed by atoms with E-state index < -0.39 is 27.6 Å². The molecule has 0 spiro atoms. The number of sulfonamides is 1. The number of amides is 2. The Balaban J connectivity index is 1.39. The maximum atomic E-state index is 13.6. The Bertz CT molecular complexity index is 1070. The van der Waals surface area contributed by atoms with Crippen LogP contribution in [0.5, 0.6) is 0 Å². The summed E-state index contributed by atoms with van der Waals surface area (Å²) in [6.45, 7) is 1.49. The number of carbonyl (C=O) groups excluding carboxylic acids is 2. The first-order valence-corrected chi connectivity index (χ1v) is 11.8. The number of benzene rings is 2. The highest BCUT2D eigenvalue weighted by Crippen LogP contribution is 2.21. The van der Waals surface area contributed by atoms with Crippen molar-refractivity contribution >= 4 is 21.8 Å². The fourth-order valence-corrected chi connectivity index (χ4v) is 4.88. The van der Waals surface area contributed by atoms with Gasteiger partial charge in [0, 0.05) is 38.7 Å². The van der Waals surface area contributed by atoms with Crippen molar-refractivity contribution in [2.75, 3.05) is 19.6 Å². The molecule has 1 saturated heterocycles. The highest BCUT2D eigenvalue weighted by Gasteiger charge is 2.26. The van der Waals surface area contributed by atoms with Gasteiger partial charge in [0.1, 0.15) is 11.6 Å². The molecule has 0 aromatic heterocycles. The van der Waals surface area contributed by atoms with Gasteiger partial charge in [0.2, 0.25) is 15.9 Å². The van der Waals surface area contributed by atoms with Crippen molar-refractivity contribution in [3.05, 3.63) is 65.2 Å². The summed E-state index contributed by atoms with van der Waals surface area (Å²) in [5.74, 6) is -2.62. The zero-order valence-corrected chi connectivity index (χ0v) is 18.3. The lowest BCUT2D eigenvalue weighted by Crippen LogP contribution is -2.28. The topological polar surface area (TPSA) is 95.6 Å². The third-order valence-electron chi connectivity index (χ3n) is 5.16. The van der Waals surface area contributed by atoms with E-state index in [1.807, 2.05) is 0 Å². The largest absolute Gasteiger partial charge is 0.352 e. The molecule has 2 aromatic carbocycles. The monoisotopic (exact) mass is 465 g/mol. The van der Waals surface area contributed by atoms with E-state index in [4.69, 9.17) is 0 Å². The van der Waals surface area contributed by atoms with E-state index in [1.165, 1.54) is 4.31 Å². The highest BCUT2D eigenvalue weighted by molar-refractivity contribution is 7.89. The first-order valence-electron chi connectivity index (χ1n) is 10.4. The third kappa shape index (κ3) is 6.10. The van der Waals surface area contributed by atoms with Crippen LogP contribution < -0.4 is 10.6 Å². The molecule has 3 rings (SSSR count). The minimum Gasteiger partial charge on any atom is -0.352 e. The molecule has 1 aliphatic rings. The van der Waals surface area contributed by atoms with Crippen molar-refractivity contribution < 1.29 is 26.8 Å². The quantitative estimate of drug-likeness (QED) is 0.557. The van der Waals surface area contributed by atoms with Crippen LogP contribution in [0.3, 0.4) is 0 Å². The second-order valence-electron chi connectivity index (χ2n) is 7.52. The maximum Gasteiger partial charge on any atom is 0.254 e. The second-order valence-corrected chi connectivity index (χ2v) is 9.45. The van der Waals surface area contributed by atoms with Crippen LogP contribution in [0.25, 0.3) is 0 Å². The van der Waals surface area contributed by atoms with Crippen molar-refractivity contribution in [1.29, 1.82) is 0 Å². The van der Waals surface area contributed by atoms with Crippen molar-refractivity contribution in [1.82, 2.24) is 14.9 Å². The molecule has 1 heterocycles. The lowest BCUT2D eigenvalue weighted by Gasteiger charge is -2.15. The van der Waals surface area contributed by atoms with Gasteiger partial charge in [-0.1, -0.05) is 12.1 Å². The summed E-state index contributed by atoms with van der Waals surface area (Å²) in [5.41, 5.74) is 0.504. The Morgan fingerprint density at radius 1 is 0.969 bits per heavy atom. The molecule has 0 aliphatic carbocycles. The predicted octanol–water partition coefficient (Wildman–Crippen LogP) is 2.58. The lowest BCUT2D eigenvalue weighted by molar-refractivity contribution is -0.121. The zero-order chi connectivity index (χ0) is 23.1. The van der Waals surface area contributed by atoms with Crippen LogP contribution in [0.2, 0.25) is 0 Å². The Labute approximate surface area is 185 Å². The van der Waals surface area contributed by atoms with Crippen LogP contribution in [0, 0.1) is 11.6 Å². The van der Waals surface area contributed by atoms with E-state index >= 15 is 0 Å². The highest BCUT2D eigenvalue weighted by atomic mass is 32.2. The summed E-state index contributed by atoms with van der Waals surface area (Å²) >= 11 is 0. The Hall–Kier alpha value is -2.85. The van der Waals surface area contributed by atoms with E-state index in [9.17, 15) is 26.8 Å². The van der Waals surface area contributed by atoms with Gasteiger partial charge in [0.15, 0.2) is 0 Å². The molecule has 0 bridgehead atoms. The van der Waals surface area contributed by atoms with Crippen molar-refractivity contribution in [2.24, 2.45) is 0 Å². The molecule has 172 valence electrons. The van der Waals surface area contributed by atoms with Crippen molar-refractivity contribution in [2.45, 2.75) is 37.1 Å². The average molecular weight is 466 g/mol. The van der Waals surface area contributed by atoms with E-state index in [1.54, 1.807) is 24.3 Å². The smallest absolute Gasteiger partial charge is 0.254 e. The third-order valence-corrected chi connectivity index (χ3v) is 7.07. The molecular formula is C22H25F2N3O4S. The Morgan fingerprint density at radius 2 is 1.66 bits per heavy atom. The van der Waals surface area contributed by atoms with Gasteiger partial charge >= 0.3 is 0 Å². The van der Waals surface area contributed by atoms with Gasteiger partial charge in [-0.2, -0.15) is 4.31 Å². The lowest BCUT2D eigenvalue weighted by atomic mass is 10.2. The fourth-order valence-electron chi connectivity index (χ4n) is 3.37. The maximum absolute atomic E-state index is 13.6. The first-order chi connectivity index (χ1) is 15.3. The number of nitrogens with zero attached hydrogens (tertiary/aromatic N) is 1. The van der Waals surface area contributed by atoms with Crippen LogP contribution in [0.4, 0.5) is 8.78 Å².